The Morgan fingerprint density at radius 1 is 1.22 bits per heavy atom. The molecule has 0 rings (SSSR count). The fourth-order valence-corrected chi connectivity index (χ4v) is 1.25. The van der Waals surface area contributed by atoms with Crippen molar-refractivity contribution < 1.29 is 24.3 Å². The maximum absolute atomic E-state index is 11.5. The van der Waals surface area contributed by atoms with Crippen LogP contribution in [-0.4, -0.2) is 40.8 Å². The van der Waals surface area contributed by atoms with Crippen LogP contribution in [0.25, 0.3) is 0 Å². The summed E-state index contributed by atoms with van der Waals surface area (Å²) < 4.78 is 0. The maximum Gasteiger partial charge on any atom is 0.305 e. The summed E-state index contributed by atoms with van der Waals surface area (Å²) in [4.78, 5) is 44.0. The zero-order valence-electron chi connectivity index (χ0n) is 10.0. The molecule has 0 aromatic rings. The quantitative estimate of drug-likeness (QED) is 0.400. The molecule has 0 aliphatic rings. The van der Waals surface area contributed by atoms with Gasteiger partial charge < -0.3 is 21.9 Å². The van der Waals surface area contributed by atoms with Gasteiger partial charge >= 0.3 is 5.97 Å². The lowest BCUT2D eigenvalue weighted by molar-refractivity contribution is -0.140. The number of carboxylic acid groups (broad SMARTS) is 1. The Hall–Kier alpha value is -1.96. The van der Waals surface area contributed by atoms with Crippen LogP contribution in [0.1, 0.15) is 26.2 Å². The summed E-state index contributed by atoms with van der Waals surface area (Å²) in [6.45, 7) is 1.55. The summed E-state index contributed by atoms with van der Waals surface area (Å²) in [6, 6.07) is -2.33. The van der Waals surface area contributed by atoms with Gasteiger partial charge in [-0.2, -0.15) is 0 Å². The van der Waals surface area contributed by atoms with Gasteiger partial charge in [-0.25, -0.2) is 0 Å². The molecular formula is C10H17N3O5. The first-order valence-corrected chi connectivity index (χ1v) is 5.36. The highest BCUT2D eigenvalue weighted by Gasteiger charge is 2.25. The zero-order valence-corrected chi connectivity index (χ0v) is 10.0. The second kappa shape index (κ2) is 7.38. The number of primary amides is 1. The van der Waals surface area contributed by atoms with Crippen LogP contribution in [-0.2, 0) is 19.2 Å². The lowest BCUT2D eigenvalue weighted by Gasteiger charge is -2.17. The molecule has 102 valence electrons. The van der Waals surface area contributed by atoms with Gasteiger partial charge in [-0.05, 0) is 0 Å². The second-order valence-electron chi connectivity index (χ2n) is 3.76. The van der Waals surface area contributed by atoms with Crippen molar-refractivity contribution in [3.8, 4) is 0 Å². The molecule has 0 aromatic heterocycles. The molecular weight excluding hydrogens is 242 g/mol. The van der Waals surface area contributed by atoms with Crippen molar-refractivity contribution >= 4 is 23.6 Å². The van der Waals surface area contributed by atoms with Crippen molar-refractivity contribution in [1.29, 1.82) is 0 Å². The third-order valence-electron chi connectivity index (χ3n) is 2.19. The normalized spacial score (nSPS) is 13.4. The molecule has 0 bridgehead atoms. The van der Waals surface area contributed by atoms with Crippen molar-refractivity contribution in [2.45, 2.75) is 38.3 Å². The first-order valence-electron chi connectivity index (χ1n) is 5.36. The van der Waals surface area contributed by atoms with E-state index in [1.807, 2.05) is 0 Å². The van der Waals surface area contributed by atoms with E-state index in [4.69, 9.17) is 16.6 Å². The van der Waals surface area contributed by atoms with Crippen molar-refractivity contribution in [2.24, 2.45) is 11.5 Å². The molecule has 0 aliphatic carbocycles. The highest BCUT2D eigenvalue weighted by molar-refractivity contribution is 5.94. The van der Waals surface area contributed by atoms with Gasteiger partial charge in [-0.15, -0.1) is 0 Å². The van der Waals surface area contributed by atoms with Crippen LogP contribution in [0.3, 0.4) is 0 Å². The maximum atomic E-state index is 11.5. The number of hydrogen-bond acceptors (Lipinski definition) is 5. The van der Waals surface area contributed by atoms with E-state index < -0.39 is 42.1 Å². The Morgan fingerprint density at radius 2 is 1.78 bits per heavy atom. The summed E-state index contributed by atoms with van der Waals surface area (Å²) in [5.41, 5.74) is 10.2. The zero-order chi connectivity index (χ0) is 14.3. The molecule has 0 aromatic carbocycles. The average Bonchev–Trinajstić information content (AvgIpc) is 2.25. The van der Waals surface area contributed by atoms with E-state index in [1.54, 1.807) is 6.92 Å². The Morgan fingerprint density at radius 3 is 2.17 bits per heavy atom. The number of aliphatic carboxylic acids is 1. The third kappa shape index (κ3) is 5.94. The predicted molar refractivity (Wildman–Crippen MR) is 61.3 cm³/mol. The largest absolute Gasteiger partial charge is 0.481 e. The van der Waals surface area contributed by atoms with Crippen LogP contribution in [0.2, 0.25) is 0 Å². The van der Waals surface area contributed by atoms with Gasteiger partial charge in [0.15, 0.2) is 5.78 Å². The van der Waals surface area contributed by atoms with Gasteiger partial charge in [-0.3, -0.25) is 19.2 Å². The van der Waals surface area contributed by atoms with Crippen LogP contribution in [0.5, 0.6) is 0 Å². The Kier molecular flexibility index (Phi) is 6.58. The van der Waals surface area contributed by atoms with Gasteiger partial charge in [0.25, 0.3) is 0 Å². The van der Waals surface area contributed by atoms with Crippen LogP contribution in [0.15, 0.2) is 0 Å². The highest BCUT2D eigenvalue weighted by atomic mass is 16.4. The number of nitrogens with two attached hydrogens (primary N) is 2. The number of nitrogens with one attached hydrogen (secondary N) is 1. The molecule has 18 heavy (non-hydrogen) atoms. The minimum atomic E-state index is -1.22. The average molecular weight is 259 g/mol. The van der Waals surface area contributed by atoms with Gasteiger partial charge in [0.2, 0.25) is 11.8 Å². The highest BCUT2D eigenvalue weighted by Crippen LogP contribution is 1.99. The third-order valence-corrected chi connectivity index (χ3v) is 2.19. The number of carboxylic acids is 1. The van der Waals surface area contributed by atoms with E-state index in [2.05, 4.69) is 5.32 Å². The van der Waals surface area contributed by atoms with Crippen LogP contribution in [0, 0.1) is 0 Å². The molecule has 8 heteroatoms. The van der Waals surface area contributed by atoms with E-state index in [-0.39, 0.29) is 12.8 Å². The molecule has 0 spiro atoms. The van der Waals surface area contributed by atoms with E-state index >= 15 is 0 Å². The number of rotatable bonds is 8. The molecule has 0 saturated carbocycles. The molecule has 0 aliphatic heterocycles. The van der Waals surface area contributed by atoms with E-state index in [0.717, 1.165) is 0 Å². The van der Waals surface area contributed by atoms with Crippen LogP contribution >= 0.6 is 0 Å². The fraction of sp³-hybridized carbons (Fsp3) is 0.600. The van der Waals surface area contributed by atoms with Gasteiger partial charge in [0, 0.05) is 6.42 Å². The number of amides is 2. The van der Waals surface area contributed by atoms with Gasteiger partial charge in [-0.1, -0.05) is 6.92 Å². The topological polar surface area (TPSA) is 153 Å². The summed E-state index contributed by atoms with van der Waals surface area (Å²) in [5, 5.41) is 10.8. The molecule has 0 saturated heterocycles. The molecule has 2 atom stereocenters. The van der Waals surface area contributed by atoms with Gasteiger partial charge in [0.1, 0.15) is 0 Å². The molecule has 6 N–H and O–H groups in total. The lowest BCUT2D eigenvalue weighted by Crippen LogP contribution is -2.50. The Labute approximate surface area is 104 Å². The molecule has 2 amide bonds. The molecule has 8 nitrogen and oxygen atoms in total. The molecule has 0 unspecified atom stereocenters. The second-order valence-corrected chi connectivity index (χ2v) is 3.76. The first-order chi connectivity index (χ1) is 8.27. The van der Waals surface area contributed by atoms with E-state index in [0.29, 0.717) is 0 Å². The number of carbonyl (C=O) groups excluding carboxylic acids is 3. The Balaban J connectivity index is 4.56. The standard InChI is InChI=1S/C10H17N3O5/c1-2-7(14)6(4-9(16)17)13-10(18)5(11)3-8(12)15/h5-6H,2-4,11H2,1H3,(H2,12,15)(H,13,18)(H,16,17)/t5-,6-/m0/s1. The van der Waals surface area contributed by atoms with Crippen LogP contribution in [0.4, 0.5) is 0 Å². The lowest BCUT2D eigenvalue weighted by atomic mass is 10.1. The van der Waals surface area contributed by atoms with E-state index in [9.17, 15) is 19.2 Å². The van der Waals surface area contributed by atoms with Crippen molar-refractivity contribution in [2.75, 3.05) is 0 Å². The van der Waals surface area contributed by atoms with Crippen molar-refractivity contribution in [3.63, 3.8) is 0 Å². The minimum absolute atomic E-state index is 0.0866. The number of Topliss-reactive ketones (excluding diaryl/α,β-unsaturated/α-hetero) is 1. The monoisotopic (exact) mass is 259 g/mol. The number of hydrogen-bond donors (Lipinski definition) is 4. The fourth-order valence-electron chi connectivity index (χ4n) is 1.25. The van der Waals surface area contributed by atoms with Crippen LogP contribution < -0.4 is 16.8 Å². The minimum Gasteiger partial charge on any atom is -0.481 e. The first kappa shape index (κ1) is 16.0. The van der Waals surface area contributed by atoms with Crippen molar-refractivity contribution in [3.05, 3.63) is 0 Å². The summed E-state index contributed by atoms with van der Waals surface area (Å²) in [5.74, 6) is -3.17. The smallest absolute Gasteiger partial charge is 0.305 e. The number of carbonyl (C=O) groups is 4. The summed E-state index contributed by atoms with van der Waals surface area (Å²) >= 11 is 0. The SMILES string of the molecule is CCC(=O)[C@H](CC(=O)O)NC(=O)[C@@H](N)CC(N)=O. The van der Waals surface area contributed by atoms with E-state index in [1.165, 1.54) is 0 Å². The summed E-state index contributed by atoms with van der Waals surface area (Å²) in [7, 11) is 0. The predicted octanol–water partition coefficient (Wildman–Crippen LogP) is -1.87. The number of ketones is 1. The molecule has 0 heterocycles. The summed E-state index contributed by atoms with van der Waals surface area (Å²) in [6.07, 6.45) is -0.809. The molecule has 0 radical (unpaired) electrons. The van der Waals surface area contributed by atoms with Gasteiger partial charge in [0.05, 0.1) is 24.9 Å². The molecule has 0 fully saturated rings. The van der Waals surface area contributed by atoms with Crippen molar-refractivity contribution in [1.82, 2.24) is 5.32 Å². The Bertz CT molecular complexity index is 355.